The summed E-state index contributed by atoms with van der Waals surface area (Å²) < 4.78 is 0. The maximum atomic E-state index is 3.47. The van der Waals surface area contributed by atoms with Gasteiger partial charge in [0.05, 0.1) is 0 Å². The number of piperidine rings is 1. The zero-order chi connectivity index (χ0) is 13.7. The molecule has 106 valence electrons. The molecule has 0 unspecified atom stereocenters. The Kier molecular flexibility index (Phi) is 2.88. The summed E-state index contributed by atoms with van der Waals surface area (Å²) >= 11 is 0. The second-order valence-corrected chi connectivity index (χ2v) is 6.80. The number of aromatic nitrogens is 1. The van der Waals surface area contributed by atoms with Gasteiger partial charge in [-0.2, -0.15) is 0 Å². The van der Waals surface area contributed by atoms with E-state index in [4.69, 9.17) is 0 Å². The molecule has 1 N–H and O–H groups in total. The minimum atomic E-state index is 0.722. The Hall–Kier alpha value is -1.28. The van der Waals surface area contributed by atoms with E-state index in [-0.39, 0.29) is 0 Å². The van der Waals surface area contributed by atoms with Crippen molar-refractivity contribution in [2.45, 2.75) is 45.1 Å². The molecule has 2 nitrogen and oxygen atoms in total. The van der Waals surface area contributed by atoms with Crippen LogP contribution in [-0.2, 0) is 6.42 Å². The first kappa shape index (κ1) is 12.5. The Morgan fingerprint density at radius 3 is 3.10 bits per heavy atom. The molecule has 1 aliphatic carbocycles. The summed E-state index contributed by atoms with van der Waals surface area (Å²) in [6.07, 6.45) is 6.09. The van der Waals surface area contributed by atoms with Crippen molar-refractivity contribution in [3.05, 3.63) is 35.5 Å². The maximum absolute atomic E-state index is 3.47. The number of benzene rings is 1. The van der Waals surface area contributed by atoms with Crippen molar-refractivity contribution in [2.24, 2.45) is 5.92 Å². The molecule has 2 heteroatoms. The number of hydrogen-bond acceptors (Lipinski definition) is 1. The molecule has 1 saturated heterocycles. The number of aromatic amines is 1. The van der Waals surface area contributed by atoms with Gasteiger partial charge in [0.2, 0.25) is 0 Å². The van der Waals surface area contributed by atoms with E-state index >= 15 is 0 Å². The van der Waals surface area contributed by atoms with E-state index in [0.29, 0.717) is 0 Å². The predicted molar refractivity (Wildman–Crippen MR) is 84.2 cm³/mol. The number of rotatable bonds is 2. The van der Waals surface area contributed by atoms with Gasteiger partial charge in [-0.05, 0) is 48.9 Å². The average molecular weight is 268 g/mol. The smallest absolute Gasteiger partial charge is 0.0459 e. The van der Waals surface area contributed by atoms with Crippen LogP contribution in [0.5, 0.6) is 0 Å². The SMILES string of the molecule is CCCN1C[C@H](C)C[C@@H]2c3cccc4[nH]cc(c34)C[C@H]21. The molecule has 1 aliphatic heterocycles. The highest BCUT2D eigenvalue weighted by Crippen LogP contribution is 2.44. The summed E-state index contributed by atoms with van der Waals surface area (Å²) in [4.78, 5) is 6.23. The van der Waals surface area contributed by atoms with Crippen LogP contribution in [-0.4, -0.2) is 29.0 Å². The Morgan fingerprint density at radius 1 is 1.35 bits per heavy atom. The lowest BCUT2D eigenvalue weighted by Crippen LogP contribution is -2.49. The summed E-state index contributed by atoms with van der Waals surface area (Å²) in [5.41, 5.74) is 4.46. The normalized spacial score (nSPS) is 29.6. The zero-order valence-electron chi connectivity index (χ0n) is 12.5. The van der Waals surface area contributed by atoms with Gasteiger partial charge < -0.3 is 4.98 Å². The third kappa shape index (κ3) is 1.74. The van der Waals surface area contributed by atoms with Crippen molar-refractivity contribution < 1.29 is 0 Å². The minimum Gasteiger partial charge on any atom is -0.361 e. The van der Waals surface area contributed by atoms with Crippen LogP contribution in [0.15, 0.2) is 24.4 Å². The van der Waals surface area contributed by atoms with Crippen molar-refractivity contribution in [1.82, 2.24) is 9.88 Å². The molecular formula is C18H24N2. The lowest BCUT2D eigenvalue weighted by molar-refractivity contribution is 0.0911. The molecule has 4 rings (SSSR count). The number of H-pyrrole nitrogens is 1. The van der Waals surface area contributed by atoms with Crippen LogP contribution in [0.3, 0.4) is 0 Å². The number of likely N-dealkylation sites (tertiary alicyclic amines) is 1. The van der Waals surface area contributed by atoms with Gasteiger partial charge in [-0.3, -0.25) is 4.90 Å². The van der Waals surface area contributed by atoms with Gasteiger partial charge in [0, 0.05) is 35.6 Å². The molecule has 1 aromatic heterocycles. The molecule has 0 amide bonds. The number of nitrogens with zero attached hydrogens (tertiary/aromatic N) is 1. The van der Waals surface area contributed by atoms with E-state index in [1.54, 1.807) is 5.56 Å². The molecule has 0 spiro atoms. The van der Waals surface area contributed by atoms with Gasteiger partial charge >= 0.3 is 0 Å². The van der Waals surface area contributed by atoms with Crippen LogP contribution in [0.2, 0.25) is 0 Å². The molecule has 1 fully saturated rings. The van der Waals surface area contributed by atoms with Crippen molar-refractivity contribution in [1.29, 1.82) is 0 Å². The van der Waals surface area contributed by atoms with Gasteiger partial charge in [-0.15, -0.1) is 0 Å². The summed E-state index contributed by atoms with van der Waals surface area (Å²) in [5, 5.41) is 1.53. The van der Waals surface area contributed by atoms with Gasteiger partial charge in [0.25, 0.3) is 0 Å². The predicted octanol–water partition coefficient (Wildman–Crippen LogP) is 3.93. The van der Waals surface area contributed by atoms with Crippen LogP contribution in [0.4, 0.5) is 0 Å². The second-order valence-electron chi connectivity index (χ2n) is 6.80. The summed E-state index contributed by atoms with van der Waals surface area (Å²) in [5.74, 6) is 1.55. The van der Waals surface area contributed by atoms with Crippen molar-refractivity contribution in [3.63, 3.8) is 0 Å². The van der Waals surface area contributed by atoms with Crippen LogP contribution < -0.4 is 0 Å². The molecular weight excluding hydrogens is 244 g/mol. The molecule has 3 atom stereocenters. The van der Waals surface area contributed by atoms with Gasteiger partial charge in [0.1, 0.15) is 0 Å². The van der Waals surface area contributed by atoms with Crippen molar-refractivity contribution in [3.8, 4) is 0 Å². The standard InChI is InChI=1S/C18H24N2/c1-3-7-20-11-12(2)8-15-14-5-4-6-16-18(14)13(10-19-16)9-17(15)20/h4-6,10,12,15,17,19H,3,7-9,11H2,1-2H3/t12-,15-,17-/m1/s1. The van der Waals surface area contributed by atoms with Crippen LogP contribution >= 0.6 is 0 Å². The zero-order valence-corrected chi connectivity index (χ0v) is 12.5. The first-order chi connectivity index (χ1) is 9.78. The largest absolute Gasteiger partial charge is 0.361 e. The Bertz CT molecular complexity index is 627. The van der Waals surface area contributed by atoms with Gasteiger partial charge in [-0.25, -0.2) is 0 Å². The Balaban J connectivity index is 1.82. The molecule has 2 heterocycles. The fraction of sp³-hybridized carbons (Fsp3) is 0.556. The van der Waals surface area contributed by atoms with Gasteiger partial charge in [0.15, 0.2) is 0 Å². The second kappa shape index (κ2) is 4.63. The molecule has 0 radical (unpaired) electrons. The van der Waals surface area contributed by atoms with E-state index in [1.807, 2.05) is 0 Å². The summed E-state index contributed by atoms with van der Waals surface area (Å²) in [6, 6.07) is 7.54. The third-order valence-electron chi connectivity index (χ3n) is 5.30. The van der Waals surface area contributed by atoms with Crippen LogP contribution in [0, 0.1) is 5.92 Å². The first-order valence-electron chi connectivity index (χ1n) is 8.11. The van der Waals surface area contributed by atoms with E-state index in [1.165, 1.54) is 48.8 Å². The maximum Gasteiger partial charge on any atom is 0.0459 e. The quantitative estimate of drug-likeness (QED) is 0.874. The average Bonchev–Trinajstić information content (AvgIpc) is 2.85. The monoisotopic (exact) mass is 268 g/mol. The number of hydrogen-bond donors (Lipinski definition) is 1. The van der Waals surface area contributed by atoms with Gasteiger partial charge in [-0.1, -0.05) is 26.0 Å². The molecule has 1 aromatic carbocycles. The highest BCUT2D eigenvalue weighted by atomic mass is 15.2. The van der Waals surface area contributed by atoms with E-state index in [0.717, 1.165) is 17.9 Å². The topological polar surface area (TPSA) is 19.0 Å². The van der Waals surface area contributed by atoms with Crippen LogP contribution in [0.1, 0.15) is 43.7 Å². The third-order valence-corrected chi connectivity index (χ3v) is 5.30. The molecule has 20 heavy (non-hydrogen) atoms. The highest BCUT2D eigenvalue weighted by molar-refractivity contribution is 5.88. The number of nitrogens with one attached hydrogen (secondary N) is 1. The highest BCUT2D eigenvalue weighted by Gasteiger charge is 2.39. The Morgan fingerprint density at radius 2 is 2.25 bits per heavy atom. The van der Waals surface area contributed by atoms with E-state index in [2.05, 4.69) is 48.1 Å². The molecule has 2 aromatic rings. The number of fused-ring (bicyclic) bond motifs is 2. The molecule has 0 saturated carbocycles. The van der Waals surface area contributed by atoms with Crippen LogP contribution in [0.25, 0.3) is 10.9 Å². The fourth-order valence-corrected chi connectivity index (χ4v) is 4.59. The minimum absolute atomic E-state index is 0.722. The fourth-order valence-electron chi connectivity index (χ4n) is 4.59. The van der Waals surface area contributed by atoms with Crippen molar-refractivity contribution in [2.75, 3.05) is 13.1 Å². The molecule has 0 bridgehead atoms. The van der Waals surface area contributed by atoms with Crippen molar-refractivity contribution >= 4 is 10.9 Å². The summed E-state index contributed by atoms with van der Waals surface area (Å²) in [7, 11) is 0. The lowest BCUT2D eigenvalue weighted by atomic mass is 9.72. The lowest BCUT2D eigenvalue weighted by Gasteiger charge is -2.46. The molecule has 2 aliphatic rings. The Labute approximate surface area is 121 Å². The van der Waals surface area contributed by atoms with E-state index in [9.17, 15) is 0 Å². The van der Waals surface area contributed by atoms with E-state index < -0.39 is 0 Å². The summed E-state index contributed by atoms with van der Waals surface area (Å²) in [6.45, 7) is 7.26. The first-order valence-corrected chi connectivity index (χ1v) is 8.11.